The fourth-order valence-corrected chi connectivity index (χ4v) is 7.97. The van der Waals surface area contributed by atoms with Crippen LogP contribution in [0.4, 0.5) is 18.9 Å². The lowest BCUT2D eigenvalue weighted by Gasteiger charge is -2.35. The van der Waals surface area contributed by atoms with Gasteiger partial charge in [0.05, 0.1) is 21.2 Å². The first kappa shape index (κ1) is 37.2. The highest BCUT2D eigenvalue weighted by Crippen LogP contribution is 2.37. The molecule has 7 nitrogen and oxygen atoms in total. The zero-order valence-electron chi connectivity index (χ0n) is 27.0. The summed E-state index contributed by atoms with van der Waals surface area (Å²) in [6.07, 6.45) is -0.230. The van der Waals surface area contributed by atoms with Crippen LogP contribution in [0.5, 0.6) is 0 Å². The molecule has 264 valence electrons. The number of carbonyl (C=O) groups is 2. The van der Waals surface area contributed by atoms with Gasteiger partial charge in [0.2, 0.25) is 11.8 Å². The normalized spacial score (nSPS) is 14.5. The summed E-state index contributed by atoms with van der Waals surface area (Å²) in [5.41, 5.74) is -0.381. The van der Waals surface area contributed by atoms with Crippen molar-refractivity contribution in [2.24, 2.45) is 0 Å². The first-order valence-electron chi connectivity index (χ1n) is 16.2. The summed E-state index contributed by atoms with van der Waals surface area (Å²) in [7, 11) is -4.66. The fraction of sp³-hybridized carbons (Fsp3) is 0.297. The van der Waals surface area contributed by atoms with Crippen molar-refractivity contribution in [3.8, 4) is 0 Å². The van der Waals surface area contributed by atoms with Gasteiger partial charge >= 0.3 is 6.18 Å². The highest BCUT2D eigenvalue weighted by Gasteiger charge is 2.38. The van der Waals surface area contributed by atoms with Crippen molar-refractivity contribution in [3.05, 3.63) is 130 Å². The van der Waals surface area contributed by atoms with Gasteiger partial charge in [-0.15, -0.1) is 0 Å². The average Bonchev–Trinajstić information content (AvgIpc) is 3.09. The van der Waals surface area contributed by atoms with E-state index in [1.807, 2.05) is 18.2 Å². The monoisotopic (exact) mass is 745 g/mol. The molecule has 4 aromatic rings. The molecule has 0 saturated heterocycles. The molecule has 1 N–H and O–H groups in total. The molecule has 0 bridgehead atoms. The molecule has 1 saturated carbocycles. The van der Waals surface area contributed by atoms with Crippen molar-refractivity contribution in [2.75, 3.05) is 10.8 Å². The van der Waals surface area contributed by atoms with Crippen LogP contribution >= 0.6 is 23.2 Å². The largest absolute Gasteiger partial charge is 0.416 e. The van der Waals surface area contributed by atoms with Crippen LogP contribution in [0.2, 0.25) is 10.0 Å². The molecule has 2 amide bonds. The molecular weight excluding hydrogens is 710 g/mol. The van der Waals surface area contributed by atoms with E-state index >= 15 is 0 Å². The predicted molar refractivity (Wildman–Crippen MR) is 188 cm³/mol. The van der Waals surface area contributed by atoms with Gasteiger partial charge in [-0.25, -0.2) is 8.42 Å². The molecule has 0 unspecified atom stereocenters. The van der Waals surface area contributed by atoms with Crippen molar-refractivity contribution in [1.29, 1.82) is 0 Å². The lowest BCUT2D eigenvalue weighted by atomic mass is 9.94. The van der Waals surface area contributed by atoms with E-state index in [9.17, 15) is 31.2 Å². The Labute approximate surface area is 300 Å². The van der Waals surface area contributed by atoms with Crippen LogP contribution in [-0.4, -0.2) is 43.8 Å². The van der Waals surface area contributed by atoms with Crippen molar-refractivity contribution in [2.45, 2.75) is 68.2 Å². The molecule has 0 spiro atoms. The number of benzene rings is 4. The number of amides is 2. The van der Waals surface area contributed by atoms with E-state index < -0.39 is 51.9 Å². The third-order valence-electron chi connectivity index (χ3n) is 8.62. The maximum absolute atomic E-state index is 14.7. The minimum Gasteiger partial charge on any atom is -0.352 e. The fourth-order valence-electron chi connectivity index (χ4n) is 6.04. The number of halogens is 5. The first-order chi connectivity index (χ1) is 23.8. The molecule has 0 aromatic heterocycles. The van der Waals surface area contributed by atoms with Crippen molar-refractivity contribution in [1.82, 2.24) is 10.2 Å². The number of hydrogen-bond donors (Lipinski definition) is 1. The van der Waals surface area contributed by atoms with E-state index in [0.717, 1.165) is 49.8 Å². The first-order valence-corrected chi connectivity index (χ1v) is 18.4. The summed E-state index contributed by atoms with van der Waals surface area (Å²) in [5, 5.41) is 3.17. The van der Waals surface area contributed by atoms with Crippen LogP contribution in [-0.2, 0) is 38.8 Å². The third kappa shape index (κ3) is 9.38. The van der Waals surface area contributed by atoms with E-state index in [-0.39, 0.29) is 28.9 Å². The summed E-state index contributed by atoms with van der Waals surface area (Å²) in [6, 6.07) is 23.8. The molecule has 50 heavy (non-hydrogen) atoms. The zero-order chi connectivity index (χ0) is 35.9. The summed E-state index contributed by atoms with van der Waals surface area (Å²) in [6.45, 7) is -1.11. The van der Waals surface area contributed by atoms with Gasteiger partial charge in [0, 0.05) is 24.0 Å². The Morgan fingerprint density at radius 1 is 0.820 bits per heavy atom. The lowest BCUT2D eigenvalue weighted by Crippen LogP contribution is -2.55. The Morgan fingerprint density at radius 2 is 1.46 bits per heavy atom. The van der Waals surface area contributed by atoms with Gasteiger partial charge < -0.3 is 10.2 Å². The number of hydrogen-bond acceptors (Lipinski definition) is 4. The number of nitrogens with zero attached hydrogens (tertiary/aromatic N) is 2. The molecule has 0 heterocycles. The predicted octanol–water partition coefficient (Wildman–Crippen LogP) is 8.30. The second-order valence-electron chi connectivity index (χ2n) is 12.2. The van der Waals surface area contributed by atoms with Crippen molar-refractivity contribution < 1.29 is 31.2 Å². The Balaban J connectivity index is 1.61. The summed E-state index contributed by atoms with van der Waals surface area (Å²) in [4.78, 5) is 29.9. The van der Waals surface area contributed by atoms with E-state index in [0.29, 0.717) is 21.0 Å². The number of nitrogens with one attached hydrogen (secondary N) is 1. The number of carbonyl (C=O) groups excluding carboxylic acids is 2. The van der Waals surface area contributed by atoms with Gasteiger partial charge in [0.1, 0.15) is 12.6 Å². The van der Waals surface area contributed by atoms with Gasteiger partial charge in [-0.3, -0.25) is 13.9 Å². The van der Waals surface area contributed by atoms with Crippen LogP contribution in [0, 0.1) is 0 Å². The highest BCUT2D eigenvalue weighted by atomic mass is 35.5. The molecule has 13 heteroatoms. The van der Waals surface area contributed by atoms with E-state index in [1.54, 1.807) is 42.5 Å². The lowest BCUT2D eigenvalue weighted by molar-refractivity contribution is -0.140. The Bertz CT molecular complexity index is 1890. The van der Waals surface area contributed by atoms with Gasteiger partial charge in [-0.2, -0.15) is 13.2 Å². The highest BCUT2D eigenvalue weighted by molar-refractivity contribution is 7.92. The smallest absolute Gasteiger partial charge is 0.352 e. The molecule has 4 aromatic carbocycles. The maximum Gasteiger partial charge on any atom is 0.416 e. The third-order valence-corrected chi connectivity index (χ3v) is 10.9. The molecular formula is C37H36Cl2F3N3O4S. The Morgan fingerprint density at radius 3 is 2.10 bits per heavy atom. The summed E-state index contributed by atoms with van der Waals surface area (Å²) in [5.74, 6) is -1.26. The van der Waals surface area contributed by atoms with Crippen LogP contribution in [0.1, 0.15) is 48.8 Å². The van der Waals surface area contributed by atoms with Crippen molar-refractivity contribution in [3.63, 3.8) is 0 Å². The molecule has 1 aliphatic carbocycles. The molecule has 1 fully saturated rings. The van der Waals surface area contributed by atoms with Crippen LogP contribution in [0.15, 0.2) is 108 Å². The number of sulfonamides is 1. The average molecular weight is 747 g/mol. The second-order valence-corrected chi connectivity index (χ2v) is 14.9. The van der Waals surface area contributed by atoms with Crippen LogP contribution in [0.3, 0.4) is 0 Å². The van der Waals surface area contributed by atoms with Crippen molar-refractivity contribution >= 4 is 50.7 Å². The van der Waals surface area contributed by atoms with E-state index in [4.69, 9.17) is 23.2 Å². The zero-order valence-corrected chi connectivity index (χ0v) is 29.3. The second kappa shape index (κ2) is 16.3. The summed E-state index contributed by atoms with van der Waals surface area (Å²) >= 11 is 12.7. The van der Waals surface area contributed by atoms with Crippen LogP contribution < -0.4 is 9.62 Å². The molecule has 1 aliphatic rings. The maximum atomic E-state index is 14.7. The standard InChI is InChI=1S/C37H36Cl2F3N3O4S/c38-29-14-10-13-27(21-29)24-44(34(22-26-11-4-1-5-12-26)36(47)43-30-15-6-2-7-16-30)35(46)25-45(50(48,49)31-17-8-3-9-18-31)33-23-28(37(40,41)42)19-20-32(33)39/h1,3-5,8-14,17-21,23,30,34H,2,6-7,15-16,22,24-25H2,(H,43,47)/t34-/m1/s1. The minimum atomic E-state index is -4.83. The number of alkyl halides is 3. The van der Waals surface area contributed by atoms with Crippen LogP contribution in [0.25, 0.3) is 0 Å². The van der Waals surface area contributed by atoms with Gasteiger partial charge in [0.25, 0.3) is 10.0 Å². The quantitative estimate of drug-likeness (QED) is 0.158. The minimum absolute atomic E-state index is 0.0848. The topological polar surface area (TPSA) is 86.8 Å². The molecule has 0 aliphatic heterocycles. The molecule has 5 rings (SSSR count). The van der Waals surface area contributed by atoms with E-state index in [2.05, 4.69) is 5.32 Å². The SMILES string of the molecule is O=C(NC1CCCCC1)[C@@H](Cc1ccccc1)N(Cc1cccc(Cl)c1)C(=O)CN(c1cc(C(F)(F)F)ccc1Cl)S(=O)(=O)c1ccccc1. The van der Waals surface area contributed by atoms with Gasteiger partial charge in [0.15, 0.2) is 0 Å². The molecule has 1 atom stereocenters. The Kier molecular flexibility index (Phi) is 12.1. The van der Waals surface area contributed by atoms with Gasteiger partial charge in [-0.1, -0.05) is 103 Å². The van der Waals surface area contributed by atoms with Gasteiger partial charge in [-0.05, 0) is 66.4 Å². The number of rotatable bonds is 12. The molecule has 0 radical (unpaired) electrons. The van der Waals surface area contributed by atoms with E-state index in [1.165, 1.54) is 29.2 Å². The number of anilines is 1. The summed E-state index contributed by atoms with van der Waals surface area (Å²) < 4.78 is 70.6. The Hall–Kier alpha value is -4.06.